The maximum atomic E-state index is 6.55. The molecule has 3 N–H and O–H groups in total. The summed E-state index contributed by atoms with van der Waals surface area (Å²) in [5.74, 6) is 1.98. The Hall–Kier alpha value is -3.91. The number of pyridine rings is 1. The average molecular weight is 503 g/mol. The van der Waals surface area contributed by atoms with Gasteiger partial charge < -0.3 is 34.6 Å². The predicted molar refractivity (Wildman–Crippen MR) is 147 cm³/mol. The number of morpholine rings is 1. The van der Waals surface area contributed by atoms with E-state index in [2.05, 4.69) is 29.8 Å². The van der Waals surface area contributed by atoms with Crippen LogP contribution in [0.3, 0.4) is 0 Å². The van der Waals surface area contributed by atoms with Crippen molar-refractivity contribution in [3.63, 3.8) is 0 Å². The number of aromatic nitrogens is 2. The number of methoxy groups -OCH3 is 2. The zero-order chi connectivity index (χ0) is 25.9. The van der Waals surface area contributed by atoms with Gasteiger partial charge in [0.15, 0.2) is 11.5 Å². The Morgan fingerprint density at radius 3 is 2.54 bits per heavy atom. The van der Waals surface area contributed by atoms with Crippen LogP contribution in [-0.2, 0) is 11.2 Å². The monoisotopic (exact) mass is 502 g/mol. The number of aromatic amines is 1. The summed E-state index contributed by atoms with van der Waals surface area (Å²) >= 11 is 0. The highest BCUT2D eigenvalue weighted by Crippen LogP contribution is 2.38. The number of aryl methyl sites for hydroxylation is 2. The lowest BCUT2D eigenvalue weighted by Crippen LogP contribution is -2.36. The molecule has 1 aliphatic heterocycles. The lowest BCUT2D eigenvalue weighted by Gasteiger charge is -2.29. The Labute approximate surface area is 217 Å². The minimum atomic E-state index is 0.469. The Bertz CT molecular complexity index is 1410. The molecule has 37 heavy (non-hydrogen) atoms. The van der Waals surface area contributed by atoms with Gasteiger partial charge in [-0.1, -0.05) is 6.07 Å². The molecule has 1 aliphatic rings. The van der Waals surface area contributed by atoms with Gasteiger partial charge in [-0.25, -0.2) is 4.98 Å². The maximum absolute atomic E-state index is 6.55. The smallest absolute Gasteiger partial charge is 0.215 e. The molecule has 1 fully saturated rings. The Kier molecular flexibility index (Phi) is 7.10. The molecule has 1 saturated heterocycles. The summed E-state index contributed by atoms with van der Waals surface area (Å²) in [6.45, 7) is 7.69. The van der Waals surface area contributed by atoms with Crippen LogP contribution >= 0.6 is 0 Å². The van der Waals surface area contributed by atoms with Gasteiger partial charge in [-0.15, -0.1) is 0 Å². The van der Waals surface area contributed by atoms with Crippen molar-refractivity contribution in [3.8, 4) is 28.6 Å². The van der Waals surface area contributed by atoms with Crippen LogP contribution in [0.25, 0.3) is 22.2 Å². The molecule has 194 valence electrons. The zero-order valence-corrected chi connectivity index (χ0v) is 21.9. The van der Waals surface area contributed by atoms with E-state index in [1.165, 1.54) is 5.56 Å². The number of ether oxygens (including phenoxy) is 4. The molecule has 2 aromatic carbocycles. The molecule has 5 rings (SSSR count). The van der Waals surface area contributed by atoms with E-state index >= 15 is 0 Å². The van der Waals surface area contributed by atoms with E-state index in [1.54, 1.807) is 14.2 Å². The Balaban J connectivity index is 1.48. The molecule has 2 aromatic heterocycles. The van der Waals surface area contributed by atoms with Crippen LogP contribution in [0, 0.1) is 13.8 Å². The van der Waals surface area contributed by atoms with Gasteiger partial charge in [0.05, 0.1) is 39.7 Å². The number of nitrogens with zero attached hydrogens (tertiary/aromatic N) is 2. The summed E-state index contributed by atoms with van der Waals surface area (Å²) in [5.41, 5.74) is 14.5. The third kappa shape index (κ3) is 5.02. The molecule has 0 atom stereocenters. The number of hydrogen-bond acceptors (Lipinski definition) is 7. The van der Waals surface area contributed by atoms with E-state index in [-0.39, 0.29) is 0 Å². The Morgan fingerprint density at radius 1 is 1.00 bits per heavy atom. The summed E-state index contributed by atoms with van der Waals surface area (Å²) in [5, 5.41) is 1.10. The van der Waals surface area contributed by atoms with Crippen molar-refractivity contribution in [2.24, 2.45) is 0 Å². The average Bonchev–Trinajstić information content (AvgIpc) is 3.22. The standard InChI is InChI=1S/C29H34N4O4/c1-18-19(2)31-23-7-6-22(30)29(28(18)23)24-16-21(33-10-13-36-14-11-33)17-27(32-24)37-12-9-20-5-8-25(34-3)26(15-20)35-4/h5-8,15-17,31H,9-14,30H2,1-4H3. The number of benzene rings is 2. The van der Waals surface area contributed by atoms with Gasteiger partial charge in [0.1, 0.15) is 0 Å². The molecule has 0 unspecified atom stereocenters. The van der Waals surface area contributed by atoms with E-state index in [0.717, 1.165) is 52.2 Å². The van der Waals surface area contributed by atoms with Crippen molar-refractivity contribution < 1.29 is 18.9 Å². The van der Waals surface area contributed by atoms with Crippen molar-refractivity contribution in [1.29, 1.82) is 0 Å². The van der Waals surface area contributed by atoms with Crippen molar-refractivity contribution >= 4 is 22.3 Å². The van der Waals surface area contributed by atoms with Gasteiger partial charge in [0.2, 0.25) is 5.88 Å². The van der Waals surface area contributed by atoms with E-state index in [1.807, 2.05) is 36.4 Å². The third-order valence-electron chi connectivity index (χ3n) is 7.00. The van der Waals surface area contributed by atoms with Crippen molar-refractivity contribution in [2.75, 3.05) is 57.8 Å². The van der Waals surface area contributed by atoms with Gasteiger partial charge in [0, 0.05) is 59.1 Å². The fourth-order valence-corrected chi connectivity index (χ4v) is 4.88. The second kappa shape index (κ2) is 10.6. The summed E-state index contributed by atoms with van der Waals surface area (Å²) in [4.78, 5) is 10.7. The van der Waals surface area contributed by atoms with Crippen LogP contribution < -0.4 is 24.8 Å². The molecular weight excluding hydrogens is 468 g/mol. The molecule has 3 heterocycles. The second-order valence-electron chi connectivity index (χ2n) is 9.26. The van der Waals surface area contributed by atoms with Crippen molar-refractivity contribution in [2.45, 2.75) is 20.3 Å². The van der Waals surface area contributed by atoms with Crippen LogP contribution in [0.1, 0.15) is 16.8 Å². The number of nitrogen functional groups attached to an aromatic ring is 1. The quantitative estimate of drug-likeness (QED) is 0.331. The molecule has 0 amide bonds. The van der Waals surface area contributed by atoms with E-state index in [4.69, 9.17) is 29.7 Å². The predicted octanol–water partition coefficient (Wildman–Crippen LogP) is 4.90. The number of fused-ring (bicyclic) bond motifs is 1. The van der Waals surface area contributed by atoms with Gasteiger partial charge in [-0.05, 0) is 55.3 Å². The summed E-state index contributed by atoms with van der Waals surface area (Å²) in [6.07, 6.45) is 0.701. The topological polar surface area (TPSA) is 94.9 Å². The lowest BCUT2D eigenvalue weighted by atomic mass is 10.00. The molecule has 4 aromatic rings. The first-order valence-electron chi connectivity index (χ1n) is 12.5. The number of nitrogens with two attached hydrogens (primary N) is 1. The fraction of sp³-hybridized carbons (Fsp3) is 0.345. The fourth-order valence-electron chi connectivity index (χ4n) is 4.88. The van der Waals surface area contributed by atoms with Gasteiger partial charge in [0.25, 0.3) is 0 Å². The lowest BCUT2D eigenvalue weighted by molar-refractivity contribution is 0.122. The first-order valence-corrected chi connectivity index (χ1v) is 12.5. The molecule has 0 spiro atoms. The highest BCUT2D eigenvalue weighted by atomic mass is 16.5. The molecule has 0 saturated carbocycles. The molecule has 0 aliphatic carbocycles. The van der Waals surface area contributed by atoms with Crippen molar-refractivity contribution in [1.82, 2.24) is 9.97 Å². The second-order valence-corrected chi connectivity index (χ2v) is 9.26. The van der Waals surface area contributed by atoms with Crippen LogP contribution in [0.5, 0.6) is 17.4 Å². The maximum Gasteiger partial charge on any atom is 0.215 e. The molecule has 8 nitrogen and oxygen atoms in total. The minimum Gasteiger partial charge on any atom is -0.493 e. The van der Waals surface area contributed by atoms with Gasteiger partial charge in [-0.2, -0.15) is 0 Å². The van der Waals surface area contributed by atoms with Crippen LogP contribution in [0.15, 0.2) is 42.5 Å². The summed E-state index contributed by atoms with van der Waals surface area (Å²) in [6, 6.07) is 14.0. The van der Waals surface area contributed by atoms with E-state index in [0.29, 0.717) is 49.3 Å². The third-order valence-corrected chi connectivity index (χ3v) is 7.00. The summed E-state index contributed by atoms with van der Waals surface area (Å²) < 4.78 is 22.6. The number of anilines is 2. The number of H-pyrrole nitrogens is 1. The highest BCUT2D eigenvalue weighted by molar-refractivity contribution is 6.03. The van der Waals surface area contributed by atoms with E-state index < -0.39 is 0 Å². The minimum absolute atomic E-state index is 0.469. The molecule has 0 radical (unpaired) electrons. The number of rotatable bonds is 8. The van der Waals surface area contributed by atoms with Crippen LogP contribution in [0.4, 0.5) is 11.4 Å². The van der Waals surface area contributed by atoms with Gasteiger partial charge >= 0.3 is 0 Å². The molecule has 0 bridgehead atoms. The largest absolute Gasteiger partial charge is 0.493 e. The SMILES string of the molecule is COc1ccc(CCOc2cc(N3CCOCC3)cc(-c3c(N)ccc4[nH]c(C)c(C)c34)n2)cc1OC. The first-order chi connectivity index (χ1) is 18.0. The first kappa shape index (κ1) is 24.8. The van der Waals surface area contributed by atoms with Crippen LogP contribution in [-0.4, -0.2) is 57.1 Å². The zero-order valence-electron chi connectivity index (χ0n) is 21.9. The van der Waals surface area contributed by atoms with Crippen LogP contribution in [0.2, 0.25) is 0 Å². The Morgan fingerprint density at radius 2 is 1.78 bits per heavy atom. The number of hydrogen-bond donors (Lipinski definition) is 2. The van der Waals surface area contributed by atoms with Crippen molar-refractivity contribution in [3.05, 3.63) is 59.3 Å². The summed E-state index contributed by atoms with van der Waals surface area (Å²) in [7, 11) is 3.27. The molecular formula is C29H34N4O4. The highest BCUT2D eigenvalue weighted by Gasteiger charge is 2.19. The number of nitrogens with one attached hydrogen (secondary N) is 1. The normalized spacial score (nSPS) is 13.7. The van der Waals surface area contributed by atoms with E-state index in [9.17, 15) is 0 Å². The van der Waals surface area contributed by atoms with Gasteiger partial charge in [-0.3, -0.25) is 0 Å². The molecule has 8 heteroatoms.